The van der Waals surface area contributed by atoms with Crippen LogP contribution in [-0.2, 0) is 22.6 Å². The van der Waals surface area contributed by atoms with Gasteiger partial charge in [0.1, 0.15) is 22.9 Å². The normalized spacial score (nSPS) is 11.7. The summed E-state index contributed by atoms with van der Waals surface area (Å²) in [6, 6.07) is 33.0. The summed E-state index contributed by atoms with van der Waals surface area (Å²) < 4.78 is 26.0. The Bertz CT molecular complexity index is 2050. The third-order valence-corrected chi connectivity index (χ3v) is 8.26. The first kappa shape index (κ1) is 37.7. The standard InChI is InChI=1S/C42H41ClFN3O5/c1-5-37(45-26-30-15-9-10-17-36(30)44)40(49)47-39(48)34-20-18-29(28-13-7-6-8-14-28)23-35(34)33-21-19-31(43)24-38(33)51-32-16-11-12-27(22-32)25-46-41(50)52-42(2,3)4/h6-24,37,45H,5,25-26H2,1-4H3,(H,46,50)(H,47,48,49). The van der Waals surface area contributed by atoms with Gasteiger partial charge >= 0.3 is 6.09 Å². The number of nitrogens with one attached hydrogen (secondary N) is 3. The fourth-order valence-electron chi connectivity index (χ4n) is 5.48. The van der Waals surface area contributed by atoms with Crippen molar-refractivity contribution >= 4 is 29.5 Å². The Morgan fingerprint density at radius 3 is 2.27 bits per heavy atom. The first-order valence-corrected chi connectivity index (χ1v) is 17.3. The van der Waals surface area contributed by atoms with E-state index in [0.29, 0.717) is 39.6 Å². The molecule has 3 amide bonds. The molecule has 0 saturated carbocycles. The van der Waals surface area contributed by atoms with Gasteiger partial charge in [0.25, 0.3) is 5.91 Å². The van der Waals surface area contributed by atoms with Crippen LogP contribution in [0.4, 0.5) is 9.18 Å². The van der Waals surface area contributed by atoms with Gasteiger partial charge < -0.3 is 20.1 Å². The quantitative estimate of drug-likeness (QED) is 0.119. The molecule has 5 aromatic carbocycles. The van der Waals surface area contributed by atoms with Crippen molar-refractivity contribution in [3.8, 4) is 33.8 Å². The summed E-state index contributed by atoms with van der Waals surface area (Å²) in [5.74, 6) is -0.685. The van der Waals surface area contributed by atoms with Crippen LogP contribution < -0.4 is 20.7 Å². The number of ether oxygens (including phenoxy) is 2. The average molecular weight is 722 g/mol. The van der Waals surface area contributed by atoms with E-state index < -0.39 is 29.6 Å². The van der Waals surface area contributed by atoms with Crippen LogP contribution >= 0.6 is 11.6 Å². The lowest BCUT2D eigenvalue weighted by Gasteiger charge is -2.20. The molecule has 0 heterocycles. The van der Waals surface area contributed by atoms with E-state index in [9.17, 15) is 18.8 Å². The second kappa shape index (κ2) is 17.1. The monoisotopic (exact) mass is 721 g/mol. The highest BCUT2D eigenvalue weighted by Crippen LogP contribution is 2.39. The highest BCUT2D eigenvalue weighted by atomic mass is 35.5. The second-order valence-electron chi connectivity index (χ2n) is 13.1. The van der Waals surface area contributed by atoms with Crippen LogP contribution in [0.15, 0.2) is 115 Å². The highest BCUT2D eigenvalue weighted by Gasteiger charge is 2.24. The number of imide groups is 1. The van der Waals surface area contributed by atoms with Crippen molar-refractivity contribution in [3.05, 3.63) is 143 Å². The number of amides is 3. The van der Waals surface area contributed by atoms with Crippen molar-refractivity contribution in [2.75, 3.05) is 0 Å². The maximum Gasteiger partial charge on any atom is 0.407 e. The van der Waals surface area contributed by atoms with Crippen LogP contribution in [0.25, 0.3) is 22.3 Å². The predicted octanol–water partition coefficient (Wildman–Crippen LogP) is 9.45. The Morgan fingerprint density at radius 2 is 1.54 bits per heavy atom. The lowest BCUT2D eigenvalue weighted by Crippen LogP contribution is -2.45. The topological polar surface area (TPSA) is 106 Å². The van der Waals surface area contributed by atoms with E-state index in [0.717, 1.165) is 16.7 Å². The molecule has 52 heavy (non-hydrogen) atoms. The largest absolute Gasteiger partial charge is 0.457 e. The number of alkyl carbamates (subject to hydrolysis) is 1. The second-order valence-corrected chi connectivity index (χ2v) is 13.6. The molecule has 1 unspecified atom stereocenters. The zero-order chi connectivity index (χ0) is 37.3. The Morgan fingerprint density at radius 1 is 0.788 bits per heavy atom. The van der Waals surface area contributed by atoms with E-state index in [1.54, 1.807) is 81.4 Å². The van der Waals surface area contributed by atoms with Gasteiger partial charge in [-0.2, -0.15) is 0 Å². The van der Waals surface area contributed by atoms with Crippen LogP contribution in [0, 0.1) is 5.82 Å². The molecule has 0 fully saturated rings. The smallest absolute Gasteiger partial charge is 0.407 e. The van der Waals surface area contributed by atoms with Gasteiger partial charge in [-0.3, -0.25) is 14.9 Å². The minimum atomic E-state index is -0.748. The molecule has 0 saturated heterocycles. The minimum absolute atomic E-state index is 0.119. The fraction of sp³-hybridized carbons (Fsp3) is 0.214. The van der Waals surface area contributed by atoms with Gasteiger partial charge in [0, 0.05) is 40.9 Å². The van der Waals surface area contributed by atoms with Crippen LogP contribution in [-0.4, -0.2) is 29.6 Å². The number of rotatable bonds is 12. The molecule has 0 aliphatic carbocycles. The lowest BCUT2D eigenvalue weighted by atomic mass is 9.93. The molecule has 8 nitrogen and oxygen atoms in total. The molecular formula is C42H41ClFN3O5. The number of carbonyl (C=O) groups excluding carboxylic acids is 3. The summed E-state index contributed by atoms with van der Waals surface area (Å²) >= 11 is 6.48. The van der Waals surface area contributed by atoms with Crippen molar-refractivity contribution in [1.82, 2.24) is 16.0 Å². The van der Waals surface area contributed by atoms with Crippen LogP contribution in [0.2, 0.25) is 5.02 Å². The van der Waals surface area contributed by atoms with Crippen molar-refractivity contribution in [3.63, 3.8) is 0 Å². The van der Waals surface area contributed by atoms with E-state index in [1.807, 2.05) is 55.5 Å². The summed E-state index contributed by atoms with van der Waals surface area (Å²) in [6.45, 7) is 7.52. The van der Waals surface area contributed by atoms with E-state index in [-0.39, 0.29) is 24.5 Å². The molecule has 10 heteroatoms. The van der Waals surface area contributed by atoms with Crippen LogP contribution in [0.5, 0.6) is 11.5 Å². The Kier molecular flexibility index (Phi) is 12.4. The van der Waals surface area contributed by atoms with Gasteiger partial charge in [-0.05, 0) is 91.9 Å². The summed E-state index contributed by atoms with van der Waals surface area (Å²) in [4.78, 5) is 39.5. The van der Waals surface area contributed by atoms with Crippen molar-refractivity contribution in [2.24, 2.45) is 0 Å². The molecule has 0 spiro atoms. The lowest BCUT2D eigenvalue weighted by molar-refractivity contribution is -0.122. The molecule has 5 aromatic rings. The van der Waals surface area contributed by atoms with Gasteiger partial charge in [0.15, 0.2) is 0 Å². The maximum absolute atomic E-state index is 14.2. The van der Waals surface area contributed by atoms with Gasteiger partial charge in [-0.25, -0.2) is 9.18 Å². The van der Waals surface area contributed by atoms with E-state index >= 15 is 0 Å². The predicted molar refractivity (Wildman–Crippen MR) is 202 cm³/mol. The molecular weight excluding hydrogens is 681 g/mol. The number of halogens is 2. The van der Waals surface area contributed by atoms with Crippen molar-refractivity contribution in [2.45, 2.75) is 58.8 Å². The Hall–Kier alpha value is -5.51. The first-order chi connectivity index (χ1) is 24.9. The van der Waals surface area contributed by atoms with Crippen molar-refractivity contribution in [1.29, 1.82) is 0 Å². The van der Waals surface area contributed by atoms with Crippen LogP contribution in [0.3, 0.4) is 0 Å². The number of hydrogen-bond acceptors (Lipinski definition) is 6. The average Bonchev–Trinajstić information content (AvgIpc) is 3.11. The summed E-state index contributed by atoms with van der Waals surface area (Å²) in [5.41, 5.74) is 3.63. The van der Waals surface area contributed by atoms with Gasteiger partial charge in [0.05, 0.1) is 6.04 Å². The summed E-state index contributed by atoms with van der Waals surface area (Å²) in [6.07, 6.45) is -0.167. The molecule has 0 radical (unpaired) electrons. The zero-order valence-corrected chi connectivity index (χ0v) is 30.2. The molecule has 0 aliphatic heterocycles. The number of hydrogen-bond donors (Lipinski definition) is 3. The molecule has 3 N–H and O–H groups in total. The number of benzene rings is 5. The first-order valence-electron chi connectivity index (χ1n) is 16.9. The van der Waals surface area contributed by atoms with E-state index in [1.165, 1.54) is 6.07 Å². The Balaban J connectivity index is 1.44. The fourth-order valence-corrected chi connectivity index (χ4v) is 5.64. The van der Waals surface area contributed by atoms with E-state index in [2.05, 4.69) is 16.0 Å². The molecule has 268 valence electrons. The molecule has 0 aromatic heterocycles. The SMILES string of the molecule is CCC(NCc1ccccc1F)C(=O)NC(=O)c1ccc(-c2ccccc2)cc1-c1ccc(Cl)cc1Oc1cccc(CNC(=O)OC(C)(C)C)c1. The minimum Gasteiger partial charge on any atom is -0.457 e. The molecule has 0 bridgehead atoms. The molecule has 0 aliphatic rings. The third kappa shape index (κ3) is 10.3. The third-order valence-electron chi connectivity index (χ3n) is 8.03. The summed E-state index contributed by atoms with van der Waals surface area (Å²) in [5, 5.41) is 8.77. The zero-order valence-electron chi connectivity index (χ0n) is 29.5. The Labute approximate surface area is 308 Å². The van der Waals surface area contributed by atoms with Crippen LogP contribution in [0.1, 0.15) is 55.6 Å². The van der Waals surface area contributed by atoms with Gasteiger partial charge in [-0.15, -0.1) is 0 Å². The van der Waals surface area contributed by atoms with Gasteiger partial charge in [0.2, 0.25) is 5.91 Å². The maximum atomic E-state index is 14.2. The number of carbonyl (C=O) groups is 3. The molecule has 1 atom stereocenters. The molecule has 5 rings (SSSR count). The van der Waals surface area contributed by atoms with Crippen molar-refractivity contribution < 1.29 is 28.2 Å². The summed E-state index contributed by atoms with van der Waals surface area (Å²) in [7, 11) is 0. The van der Waals surface area contributed by atoms with Gasteiger partial charge in [-0.1, -0.05) is 85.3 Å². The van der Waals surface area contributed by atoms with E-state index in [4.69, 9.17) is 21.1 Å². The highest BCUT2D eigenvalue weighted by molar-refractivity contribution is 6.30.